The first kappa shape index (κ1) is 19.5. The Hall–Kier alpha value is -0.520. The van der Waals surface area contributed by atoms with Gasteiger partial charge in [-0.2, -0.15) is 0 Å². The second kappa shape index (κ2) is 18.5. The van der Waals surface area contributed by atoms with E-state index in [1.165, 1.54) is 96.3 Å². The number of rotatable bonds is 16. The van der Waals surface area contributed by atoms with Crippen LogP contribution in [0, 0.1) is 0 Å². The predicted octanol–water partition coefficient (Wildman–Crippen LogP) is 7.60. The van der Waals surface area contributed by atoms with Gasteiger partial charge in [0.05, 0.1) is 0 Å². The number of hydrogen-bond donors (Lipinski definition) is 0. The molecule has 0 atom stereocenters. The van der Waals surface area contributed by atoms with E-state index in [-0.39, 0.29) is 0 Å². The van der Waals surface area contributed by atoms with Crippen molar-refractivity contribution in [2.45, 2.75) is 103 Å². The molecular weight excluding hydrogens is 240 g/mol. The van der Waals surface area contributed by atoms with Gasteiger partial charge in [0.15, 0.2) is 0 Å². The molecule has 0 saturated heterocycles. The number of unbranched alkanes of at least 4 members (excludes halogenated alkanes) is 14. The molecule has 0 spiro atoms. The Morgan fingerprint density at radius 1 is 0.550 bits per heavy atom. The Morgan fingerprint density at radius 3 is 1.25 bits per heavy atom. The molecule has 0 heteroatoms. The largest absolute Gasteiger partial charge is 0.103 e. The Kier molecular flexibility index (Phi) is 18.0. The highest BCUT2D eigenvalue weighted by molar-refractivity contribution is 4.76. The fourth-order valence-electron chi connectivity index (χ4n) is 2.66. The average Bonchev–Trinajstić information content (AvgIpc) is 2.47. The maximum Gasteiger partial charge on any atom is -0.0351 e. The number of hydrogen-bond acceptors (Lipinski definition) is 0. The summed E-state index contributed by atoms with van der Waals surface area (Å²) in [5.41, 5.74) is 0. The van der Waals surface area contributed by atoms with Crippen LogP contribution in [0.15, 0.2) is 24.8 Å². The Labute approximate surface area is 128 Å². The molecule has 0 unspecified atom stereocenters. The summed E-state index contributed by atoms with van der Waals surface area (Å²) in [5, 5.41) is 0. The molecule has 20 heavy (non-hydrogen) atoms. The van der Waals surface area contributed by atoms with Crippen molar-refractivity contribution in [2.24, 2.45) is 0 Å². The third kappa shape index (κ3) is 17.5. The van der Waals surface area contributed by atoms with Gasteiger partial charge < -0.3 is 0 Å². The smallest absolute Gasteiger partial charge is 0.0351 e. The first-order valence-electron chi connectivity index (χ1n) is 9.14. The van der Waals surface area contributed by atoms with Crippen molar-refractivity contribution in [1.82, 2.24) is 0 Å². The second-order valence-electron chi connectivity index (χ2n) is 6.03. The molecule has 0 fully saturated rings. The van der Waals surface area contributed by atoms with Crippen molar-refractivity contribution in [3.63, 3.8) is 0 Å². The van der Waals surface area contributed by atoms with E-state index in [9.17, 15) is 0 Å². The lowest BCUT2D eigenvalue weighted by Crippen LogP contribution is -1.83. The fourth-order valence-corrected chi connectivity index (χ4v) is 2.66. The summed E-state index contributed by atoms with van der Waals surface area (Å²) in [6.07, 6.45) is 27.6. The zero-order valence-corrected chi connectivity index (χ0v) is 14.0. The van der Waals surface area contributed by atoms with Crippen molar-refractivity contribution in [3.05, 3.63) is 24.8 Å². The van der Waals surface area contributed by atoms with E-state index in [0.717, 1.165) is 0 Å². The lowest BCUT2D eigenvalue weighted by atomic mass is 10.0. The summed E-state index contributed by atoms with van der Waals surface area (Å²) >= 11 is 0. The van der Waals surface area contributed by atoms with Gasteiger partial charge in [0, 0.05) is 0 Å². The summed E-state index contributed by atoms with van der Waals surface area (Å²) in [7, 11) is 0. The van der Waals surface area contributed by atoms with E-state index >= 15 is 0 Å². The van der Waals surface area contributed by atoms with Crippen LogP contribution < -0.4 is 0 Å². The highest BCUT2D eigenvalue weighted by atomic mass is 14.0. The van der Waals surface area contributed by atoms with Crippen LogP contribution in [0.2, 0.25) is 0 Å². The van der Waals surface area contributed by atoms with Gasteiger partial charge in [0.25, 0.3) is 0 Å². The SMILES string of the molecule is C=CCCCCCCCCCCCCCCCC=CC. The van der Waals surface area contributed by atoms with E-state index in [1.54, 1.807) is 0 Å². The van der Waals surface area contributed by atoms with Crippen molar-refractivity contribution < 1.29 is 0 Å². The molecule has 0 heterocycles. The van der Waals surface area contributed by atoms with Gasteiger partial charge >= 0.3 is 0 Å². The Balaban J connectivity index is 2.94. The van der Waals surface area contributed by atoms with Gasteiger partial charge in [0.2, 0.25) is 0 Å². The van der Waals surface area contributed by atoms with Gasteiger partial charge in [-0.1, -0.05) is 88.9 Å². The first-order valence-corrected chi connectivity index (χ1v) is 9.14. The summed E-state index contributed by atoms with van der Waals surface area (Å²) < 4.78 is 0. The molecule has 0 nitrogen and oxygen atoms in total. The molecule has 0 aliphatic heterocycles. The molecule has 0 aromatic carbocycles. The zero-order valence-electron chi connectivity index (χ0n) is 14.0. The van der Waals surface area contributed by atoms with Crippen LogP contribution in [0.4, 0.5) is 0 Å². The molecule has 0 N–H and O–H groups in total. The minimum absolute atomic E-state index is 1.20. The van der Waals surface area contributed by atoms with Gasteiger partial charge in [-0.05, 0) is 32.6 Å². The first-order chi connectivity index (χ1) is 9.91. The molecule has 0 amide bonds. The van der Waals surface area contributed by atoms with Crippen LogP contribution in [0.25, 0.3) is 0 Å². The minimum atomic E-state index is 1.20. The van der Waals surface area contributed by atoms with Crippen molar-refractivity contribution in [1.29, 1.82) is 0 Å². The molecule has 0 bridgehead atoms. The van der Waals surface area contributed by atoms with E-state index in [2.05, 4.69) is 25.7 Å². The average molecular weight is 279 g/mol. The molecule has 0 saturated carbocycles. The second-order valence-corrected chi connectivity index (χ2v) is 6.03. The zero-order chi connectivity index (χ0) is 14.7. The van der Waals surface area contributed by atoms with Crippen LogP contribution in [-0.2, 0) is 0 Å². The van der Waals surface area contributed by atoms with Gasteiger partial charge in [-0.3, -0.25) is 0 Å². The Bertz CT molecular complexity index is 202. The molecule has 0 aromatic heterocycles. The lowest BCUT2D eigenvalue weighted by Gasteiger charge is -2.02. The van der Waals surface area contributed by atoms with Gasteiger partial charge in [-0.25, -0.2) is 0 Å². The summed E-state index contributed by atoms with van der Waals surface area (Å²) in [4.78, 5) is 0. The van der Waals surface area contributed by atoms with Crippen molar-refractivity contribution in [2.75, 3.05) is 0 Å². The topological polar surface area (TPSA) is 0 Å². The van der Waals surface area contributed by atoms with E-state index in [0.29, 0.717) is 0 Å². The predicted molar refractivity (Wildman–Crippen MR) is 94.3 cm³/mol. The molecule has 118 valence electrons. The summed E-state index contributed by atoms with van der Waals surface area (Å²) in [5.74, 6) is 0. The van der Waals surface area contributed by atoms with E-state index in [1.807, 2.05) is 6.08 Å². The monoisotopic (exact) mass is 278 g/mol. The van der Waals surface area contributed by atoms with Gasteiger partial charge in [-0.15, -0.1) is 6.58 Å². The minimum Gasteiger partial charge on any atom is -0.103 e. The van der Waals surface area contributed by atoms with Crippen LogP contribution in [0.5, 0.6) is 0 Å². The fraction of sp³-hybridized carbons (Fsp3) is 0.800. The maximum absolute atomic E-state index is 3.77. The Morgan fingerprint density at radius 2 is 0.900 bits per heavy atom. The molecule has 0 aliphatic rings. The number of allylic oxidation sites excluding steroid dienone is 3. The summed E-state index contributed by atoms with van der Waals surface area (Å²) in [6, 6.07) is 0. The highest BCUT2D eigenvalue weighted by Gasteiger charge is 1.93. The molecule has 0 aliphatic carbocycles. The third-order valence-corrected chi connectivity index (χ3v) is 4.01. The van der Waals surface area contributed by atoms with Gasteiger partial charge in [0.1, 0.15) is 0 Å². The van der Waals surface area contributed by atoms with E-state index in [4.69, 9.17) is 0 Å². The van der Waals surface area contributed by atoms with E-state index < -0.39 is 0 Å². The lowest BCUT2D eigenvalue weighted by molar-refractivity contribution is 0.538. The molecular formula is C20H38. The summed E-state index contributed by atoms with van der Waals surface area (Å²) in [6.45, 7) is 5.88. The molecule has 0 aromatic rings. The van der Waals surface area contributed by atoms with Crippen LogP contribution in [-0.4, -0.2) is 0 Å². The maximum atomic E-state index is 3.77. The van der Waals surface area contributed by atoms with Crippen molar-refractivity contribution in [3.8, 4) is 0 Å². The standard InChI is InChI=1S/C20H38/c1-3-5-7-9-11-13-15-17-19-20-18-16-14-12-10-8-6-4-2/h3-4,6H,1,5,7-20H2,2H3. The van der Waals surface area contributed by atoms with Crippen molar-refractivity contribution >= 4 is 0 Å². The highest BCUT2D eigenvalue weighted by Crippen LogP contribution is 2.13. The third-order valence-electron chi connectivity index (χ3n) is 4.01. The van der Waals surface area contributed by atoms with Crippen LogP contribution >= 0.6 is 0 Å². The quantitative estimate of drug-likeness (QED) is 0.201. The van der Waals surface area contributed by atoms with Crippen LogP contribution in [0.3, 0.4) is 0 Å². The van der Waals surface area contributed by atoms with Crippen LogP contribution in [0.1, 0.15) is 103 Å². The molecule has 0 radical (unpaired) electrons. The normalized spacial score (nSPS) is 11.2. The molecule has 0 rings (SSSR count).